The third kappa shape index (κ3) is 4.45. The lowest BCUT2D eigenvalue weighted by molar-refractivity contribution is -0.0502. The average Bonchev–Trinajstić information content (AvgIpc) is 3.11. The van der Waals surface area contributed by atoms with Gasteiger partial charge in [0.25, 0.3) is 0 Å². The maximum absolute atomic E-state index is 11.8. The molecule has 0 aliphatic carbocycles. The van der Waals surface area contributed by atoms with E-state index in [9.17, 15) is 4.79 Å². The molecule has 3 saturated heterocycles. The molecule has 1 aromatic carbocycles. The van der Waals surface area contributed by atoms with Crippen LogP contribution in [-0.4, -0.2) is 73.4 Å². The van der Waals surface area contributed by atoms with E-state index in [-0.39, 0.29) is 12.2 Å². The van der Waals surface area contributed by atoms with Gasteiger partial charge in [0.15, 0.2) is 0 Å². The molecule has 0 radical (unpaired) electrons. The van der Waals surface area contributed by atoms with Crippen LogP contribution in [0.5, 0.6) is 0 Å². The molecule has 3 heterocycles. The number of benzene rings is 1. The highest BCUT2D eigenvalue weighted by Crippen LogP contribution is 2.30. The Morgan fingerprint density at radius 1 is 1.19 bits per heavy atom. The summed E-state index contributed by atoms with van der Waals surface area (Å²) in [6.07, 6.45) is 3.18. The molecule has 27 heavy (non-hydrogen) atoms. The Labute approximate surface area is 161 Å². The second-order valence-corrected chi connectivity index (χ2v) is 7.90. The summed E-state index contributed by atoms with van der Waals surface area (Å²) >= 11 is 0. The molecule has 1 N–H and O–H groups in total. The first-order valence-electron chi connectivity index (χ1n) is 10.3. The van der Waals surface area contributed by atoms with E-state index in [2.05, 4.69) is 40.5 Å². The second-order valence-electron chi connectivity index (χ2n) is 7.90. The molecule has 0 spiro atoms. The van der Waals surface area contributed by atoms with Gasteiger partial charge in [-0.15, -0.1) is 0 Å². The zero-order valence-electron chi connectivity index (χ0n) is 16.2. The van der Waals surface area contributed by atoms with Crippen LogP contribution in [0.4, 0.5) is 4.79 Å². The fourth-order valence-corrected chi connectivity index (χ4v) is 4.64. The van der Waals surface area contributed by atoms with E-state index >= 15 is 0 Å². The number of piperidine rings is 1. The fourth-order valence-electron chi connectivity index (χ4n) is 4.64. The summed E-state index contributed by atoms with van der Waals surface area (Å²) < 4.78 is 11.3. The average molecular weight is 373 g/mol. The van der Waals surface area contributed by atoms with Crippen LogP contribution in [0.2, 0.25) is 0 Å². The Balaban J connectivity index is 1.24. The van der Waals surface area contributed by atoms with Crippen LogP contribution in [0.25, 0.3) is 0 Å². The molecule has 3 fully saturated rings. The number of fused-ring (bicyclic) bond motifs is 1. The molecule has 6 heteroatoms. The summed E-state index contributed by atoms with van der Waals surface area (Å²) in [6.45, 7) is 6.77. The molecule has 148 valence electrons. The lowest BCUT2D eigenvalue weighted by Crippen LogP contribution is -2.48. The molecule has 0 bridgehead atoms. The number of hydrogen-bond acceptors (Lipinski definition) is 5. The predicted molar refractivity (Wildman–Crippen MR) is 104 cm³/mol. The number of carbonyl (C=O) groups is 1. The molecule has 0 aromatic heterocycles. The van der Waals surface area contributed by atoms with E-state index in [0.717, 1.165) is 52.0 Å². The SMILES string of the molecule is CCOC(=O)N1CCC(N[C@@H]2C[C@H]3CO[C@@H](c4ccccc4)CN3C2)CC1. The summed E-state index contributed by atoms with van der Waals surface area (Å²) in [4.78, 5) is 16.3. The van der Waals surface area contributed by atoms with E-state index in [1.807, 2.05) is 11.8 Å². The number of likely N-dealkylation sites (tertiary alicyclic amines) is 1. The standard InChI is InChI=1S/C21H31N3O3/c1-2-26-21(25)23-10-8-17(9-11-23)22-18-12-19-15-27-20(14-24(19)13-18)16-6-4-3-5-7-16/h3-7,17-20,22H,2,8-15H2,1H3/t18-,19+,20-/m1/s1. The number of morpholine rings is 1. The largest absolute Gasteiger partial charge is 0.450 e. The lowest BCUT2D eigenvalue weighted by Gasteiger charge is -2.35. The van der Waals surface area contributed by atoms with Gasteiger partial charge in [-0.1, -0.05) is 30.3 Å². The van der Waals surface area contributed by atoms with Crippen molar-refractivity contribution >= 4 is 6.09 Å². The Hall–Kier alpha value is -1.63. The van der Waals surface area contributed by atoms with E-state index in [1.54, 1.807) is 0 Å². The van der Waals surface area contributed by atoms with Crippen LogP contribution >= 0.6 is 0 Å². The third-order valence-corrected chi connectivity index (χ3v) is 6.08. The normalized spacial score (nSPS) is 29.5. The van der Waals surface area contributed by atoms with E-state index < -0.39 is 0 Å². The minimum atomic E-state index is -0.168. The van der Waals surface area contributed by atoms with Crippen LogP contribution in [0.3, 0.4) is 0 Å². The van der Waals surface area contributed by atoms with Gasteiger partial charge in [0.1, 0.15) is 0 Å². The van der Waals surface area contributed by atoms with Gasteiger partial charge in [-0.25, -0.2) is 4.79 Å². The third-order valence-electron chi connectivity index (χ3n) is 6.08. The van der Waals surface area contributed by atoms with Crippen LogP contribution in [0.1, 0.15) is 37.9 Å². The van der Waals surface area contributed by atoms with Crippen LogP contribution in [0.15, 0.2) is 30.3 Å². The number of rotatable bonds is 4. The van der Waals surface area contributed by atoms with Gasteiger partial charge in [0.05, 0.1) is 19.3 Å². The van der Waals surface area contributed by atoms with Crippen molar-refractivity contribution in [3.63, 3.8) is 0 Å². The van der Waals surface area contributed by atoms with Crippen molar-refractivity contribution in [1.82, 2.24) is 15.1 Å². The van der Waals surface area contributed by atoms with Crippen LogP contribution in [-0.2, 0) is 9.47 Å². The number of hydrogen-bond donors (Lipinski definition) is 1. The molecule has 0 saturated carbocycles. The molecule has 1 amide bonds. The summed E-state index contributed by atoms with van der Waals surface area (Å²) in [7, 11) is 0. The van der Waals surface area contributed by atoms with Gasteiger partial charge in [0, 0.05) is 44.3 Å². The number of nitrogens with zero attached hydrogens (tertiary/aromatic N) is 2. The van der Waals surface area contributed by atoms with Gasteiger partial charge in [-0.3, -0.25) is 4.90 Å². The van der Waals surface area contributed by atoms with E-state index in [1.165, 1.54) is 5.56 Å². The molecule has 6 nitrogen and oxygen atoms in total. The smallest absolute Gasteiger partial charge is 0.409 e. The number of ether oxygens (including phenoxy) is 2. The topological polar surface area (TPSA) is 54.0 Å². The quantitative estimate of drug-likeness (QED) is 0.878. The first-order valence-corrected chi connectivity index (χ1v) is 10.3. The predicted octanol–water partition coefficient (Wildman–Crippen LogP) is 2.41. The zero-order chi connectivity index (χ0) is 18.6. The molecule has 4 rings (SSSR count). The number of nitrogens with one attached hydrogen (secondary N) is 1. The second kappa shape index (κ2) is 8.59. The highest BCUT2D eigenvalue weighted by atomic mass is 16.6. The highest BCUT2D eigenvalue weighted by Gasteiger charge is 2.38. The molecule has 1 aromatic rings. The van der Waals surface area contributed by atoms with Gasteiger partial charge in [-0.2, -0.15) is 0 Å². The van der Waals surface area contributed by atoms with E-state index in [4.69, 9.17) is 9.47 Å². The maximum atomic E-state index is 11.8. The van der Waals surface area contributed by atoms with Gasteiger partial charge >= 0.3 is 6.09 Å². The summed E-state index contributed by atoms with van der Waals surface area (Å²) in [5.74, 6) is 0. The van der Waals surface area contributed by atoms with Crippen molar-refractivity contribution in [2.45, 2.75) is 50.4 Å². The summed E-state index contributed by atoms with van der Waals surface area (Å²) in [5, 5.41) is 3.84. The summed E-state index contributed by atoms with van der Waals surface area (Å²) in [6, 6.07) is 12.1. The van der Waals surface area contributed by atoms with Gasteiger partial charge in [0.2, 0.25) is 0 Å². The number of amides is 1. The van der Waals surface area contributed by atoms with Crippen molar-refractivity contribution in [3.8, 4) is 0 Å². The highest BCUT2D eigenvalue weighted by molar-refractivity contribution is 5.67. The van der Waals surface area contributed by atoms with Crippen molar-refractivity contribution in [1.29, 1.82) is 0 Å². The minimum absolute atomic E-state index is 0.168. The Bertz CT molecular complexity index is 618. The molecule has 3 aliphatic rings. The molecule has 3 atom stereocenters. The Kier molecular flexibility index (Phi) is 5.95. The molecular weight excluding hydrogens is 342 g/mol. The van der Waals surface area contributed by atoms with Crippen molar-refractivity contribution in [2.24, 2.45) is 0 Å². The van der Waals surface area contributed by atoms with Crippen LogP contribution in [0, 0.1) is 0 Å². The number of carbonyl (C=O) groups excluding carboxylic acids is 1. The summed E-state index contributed by atoms with van der Waals surface area (Å²) in [5.41, 5.74) is 1.28. The molecular formula is C21H31N3O3. The maximum Gasteiger partial charge on any atom is 0.409 e. The first-order chi connectivity index (χ1) is 13.2. The minimum Gasteiger partial charge on any atom is -0.450 e. The monoisotopic (exact) mass is 373 g/mol. The first kappa shape index (κ1) is 18.7. The zero-order valence-corrected chi connectivity index (χ0v) is 16.2. The molecule has 3 aliphatic heterocycles. The van der Waals surface area contributed by atoms with Gasteiger partial charge < -0.3 is 19.7 Å². The van der Waals surface area contributed by atoms with Crippen molar-refractivity contribution < 1.29 is 14.3 Å². The van der Waals surface area contributed by atoms with Crippen molar-refractivity contribution in [3.05, 3.63) is 35.9 Å². The van der Waals surface area contributed by atoms with Crippen LogP contribution < -0.4 is 5.32 Å². The Morgan fingerprint density at radius 2 is 1.96 bits per heavy atom. The van der Waals surface area contributed by atoms with Crippen molar-refractivity contribution in [2.75, 3.05) is 39.4 Å². The lowest BCUT2D eigenvalue weighted by atomic mass is 10.0. The fraction of sp³-hybridized carbons (Fsp3) is 0.667. The Morgan fingerprint density at radius 3 is 2.70 bits per heavy atom. The van der Waals surface area contributed by atoms with E-state index in [0.29, 0.717) is 24.7 Å². The van der Waals surface area contributed by atoms with Gasteiger partial charge in [-0.05, 0) is 31.7 Å². The molecule has 0 unspecified atom stereocenters.